The first kappa shape index (κ1) is 12.0. The molecule has 0 spiro atoms. The molecule has 1 fully saturated rings. The van der Waals surface area contributed by atoms with Gasteiger partial charge in [0.25, 0.3) is 0 Å². The zero-order valence-corrected chi connectivity index (χ0v) is 10.8. The number of hydrogen-bond acceptors (Lipinski definition) is 2. The van der Waals surface area contributed by atoms with Gasteiger partial charge in [-0.05, 0) is 18.2 Å². The van der Waals surface area contributed by atoms with Gasteiger partial charge in [0.15, 0.2) is 4.75 Å². The van der Waals surface area contributed by atoms with Gasteiger partial charge in [-0.25, -0.2) is 0 Å². The van der Waals surface area contributed by atoms with Crippen molar-refractivity contribution in [1.29, 1.82) is 0 Å². The number of nitrogens with zero attached hydrogens (tertiary/aromatic N) is 1. The fourth-order valence-corrected chi connectivity index (χ4v) is 4.42. The van der Waals surface area contributed by atoms with E-state index >= 15 is 0 Å². The Hall–Kier alpha value is -0.510. The van der Waals surface area contributed by atoms with Crippen LogP contribution in [0.25, 0.3) is 0 Å². The molecule has 88 valence electrons. The molecule has 1 saturated heterocycles. The summed E-state index contributed by atoms with van der Waals surface area (Å²) in [6.07, 6.45) is 0.938. The molecule has 0 unspecified atom stereocenters. The summed E-state index contributed by atoms with van der Waals surface area (Å²) in [5, 5.41) is 0. The van der Waals surface area contributed by atoms with Crippen molar-refractivity contribution in [2.75, 3.05) is 25.9 Å². The lowest BCUT2D eigenvalue weighted by Crippen LogP contribution is -2.52. The standard InChI is InChI=1S/C13H19NOS/c1-3-13(12-7-5-4-6-8-12)11-14(2)9-10-16(13)15/h4-8H,3,9-11H2,1-2H3/t13-,16+/m0/s1. The number of likely N-dealkylation sites (N-methyl/N-ethyl adjacent to an activating group) is 1. The number of hydrogen-bond donors (Lipinski definition) is 0. The van der Waals surface area contributed by atoms with E-state index in [1.165, 1.54) is 5.56 Å². The minimum Gasteiger partial charge on any atom is -0.616 e. The van der Waals surface area contributed by atoms with E-state index in [2.05, 4.69) is 31.0 Å². The Kier molecular flexibility index (Phi) is 3.57. The molecule has 1 heterocycles. The molecule has 0 aliphatic carbocycles. The summed E-state index contributed by atoms with van der Waals surface area (Å²) in [4.78, 5) is 2.29. The largest absolute Gasteiger partial charge is 0.616 e. The maximum Gasteiger partial charge on any atom is 0.162 e. The number of rotatable bonds is 2. The maximum absolute atomic E-state index is 12.4. The highest BCUT2D eigenvalue weighted by Crippen LogP contribution is 2.37. The average Bonchev–Trinajstić information content (AvgIpc) is 2.33. The van der Waals surface area contributed by atoms with E-state index in [0.717, 1.165) is 25.3 Å². The average molecular weight is 237 g/mol. The summed E-state index contributed by atoms with van der Waals surface area (Å²) < 4.78 is 12.2. The Morgan fingerprint density at radius 3 is 2.69 bits per heavy atom. The molecule has 1 aromatic carbocycles. The van der Waals surface area contributed by atoms with Gasteiger partial charge in [-0.2, -0.15) is 0 Å². The molecule has 1 aromatic rings. The lowest BCUT2D eigenvalue weighted by molar-refractivity contribution is 0.278. The van der Waals surface area contributed by atoms with Crippen LogP contribution in [0.15, 0.2) is 30.3 Å². The maximum atomic E-state index is 12.4. The van der Waals surface area contributed by atoms with Crippen LogP contribution in [0.1, 0.15) is 18.9 Å². The Morgan fingerprint density at radius 2 is 2.06 bits per heavy atom. The van der Waals surface area contributed by atoms with Crippen LogP contribution >= 0.6 is 0 Å². The Morgan fingerprint density at radius 1 is 1.38 bits per heavy atom. The van der Waals surface area contributed by atoms with E-state index in [0.29, 0.717) is 0 Å². The van der Waals surface area contributed by atoms with Crippen molar-refractivity contribution in [1.82, 2.24) is 4.90 Å². The van der Waals surface area contributed by atoms with Gasteiger partial charge < -0.3 is 4.55 Å². The molecule has 3 heteroatoms. The summed E-state index contributed by atoms with van der Waals surface area (Å²) in [7, 11) is 2.11. The minimum atomic E-state index is -0.750. The van der Waals surface area contributed by atoms with Crippen LogP contribution in [0.4, 0.5) is 0 Å². The van der Waals surface area contributed by atoms with Crippen LogP contribution in [0.3, 0.4) is 0 Å². The highest BCUT2D eigenvalue weighted by molar-refractivity contribution is 7.92. The fraction of sp³-hybridized carbons (Fsp3) is 0.538. The summed E-state index contributed by atoms with van der Waals surface area (Å²) in [5.74, 6) is 0.791. The van der Waals surface area contributed by atoms with Crippen molar-refractivity contribution >= 4 is 11.2 Å². The molecule has 0 amide bonds. The molecule has 0 N–H and O–H groups in total. The van der Waals surface area contributed by atoms with E-state index in [1.807, 2.05) is 18.2 Å². The quantitative estimate of drug-likeness (QED) is 0.735. The second-order valence-corrected chi connectivity index (χ2v) is 6.38. The molecule has 1 aliphatic rings. The monoisotopic (exact) mass is 237 g/mol. The van der Waals surface area contributed by atoms with E-state index in [9.17, 15) is 4.55 Å². The summed E-state index contributed by atoms with van der Waals surface area (Å²) >= 11 is -0.750. The SMILES string of the molecule is CC[C@@]1(c2ccccc2)CN(C)CC[S@@+]1[O-]. The molecule has 0 bridgehead atoms. The molecular formula is C13H19NOS. The third kappa shape index (κ3) is 1.99. The van der Waals surface area contributed by atoms with Crippen LogP contribution < -0.4 is 0 Å². The second-order valence-electron chi connectivity index (χ2n) is 4.50. The molecule has 16 heavy (non-hydrogen) atoms. The normalized spacial score (nSPS) is 31.6. The van der Waals surface area contributed by atoms with Crippen molar-refractivity contribution in [2.24, 2.45) is 0 Å². The van der Waals surface area contributed by atoms with E-state index in [1.54, 1.807) is 0 Å². The van der Waals surface area contributed by atoms with Gasteiger partial charge in [0.05, 0.1) is 6.54 Å². The third-order valence-electron chi connectivity index (χ3n) is 3.49. The van der Waals surface area contributed by atoms with Crippen molar-refractivity contribution < 1.29 is 4.55 Å². The van der Waals surface area contributed by atoms with Crippen LogP contribution in [0, 0.1) is 0 Å². The molecule has 0 aromatic heterocycles. The van der Waals surface area contributed by atoms with Crippen molar-refractivity contribution in [3.8, 4) is 0 Å². The lowest BCUT2D eigenvalue weighted by Gasteiger charge is -2.42. The fourth-order valence-electron chi connectivity index (χ4n) is 2.46. The van der Waals surface area contributed by atoms with Gasteiger partial charge in [-0.3, -0.25) is 4.90 Å². The van der Waals surface area contributed by atoms with E-state index in [-0.39, 0.29) is 4.75 Å². The Balaban J connectivity index is 2.37. The third-order valence-corrected chi connectivity index (χ3v) is 5.57. The van der Waals surface area contributed by atoms with Crippen LogP contribution in [-0.4, -0.2) is 35.3 Å². The molecular weight excluding hydrogens is 218 g/mol. The first-order chi connectivity index (χ1) is 7.69. The zero-order valence-electron chi connectivity index (χ0n) is 9.98. The molecule has 0 radical (unpaired) electrons. The Labute approximate surface area is 101 Å². The molecule has 2 rings (SSSR count). The zero-order chi connectivity index (χ0) is 11.6. The van der Waals surface area contributed by atoms with Gasteiger partial charge in [0.1, 0.15) is 5.75 Å². The number of benzene rings is 1. The molecule has 2 nitrogen and oxygen atoms in total. The van der Waals surface area contributed by atoms with Crippen LogP contribution in [-0.2, 0) is 15.9 Å². The first-order valence-electron chi connectivity index (χ1n) is 5.81. The second kappa shape index (κ2) is 4.78. The smallest absolute Gasteiger partial charge is 0.162 e. The van der Waals surface area contributed by atoms with Crippen LogP contribution in [0.2, 0.25) is 0 Å². The predicted molar refractivity (Wildman–Crippen MR) is 68.9 cm³/mol. The summed E-state index contributed by atoms with van der Waals surface area (Å²) in [6.45, 7) is 3.99. The minimum absolute atomic E-state index is 0.158. The van der Waals surface area contributed by atoms with Gasteiger partial charge in [0.2, 0.25) is 0 Å². The van der Waals surface area contributed by atoms with E-state index < -0.39 is 11.2 Å². The first-order valence-corrected chi connectivity index (χ1v) is 7.13. The Bertz CT molecular complexity index is 343. The van der Waals surface area contributed by atoms with Crippen LogP contribution in [0.5, 0.6) is 0 Å². The molecule has 2 atom stereocenters. The van der Waals surface area contributed by atoms with Crippen molar-refractivity contribution in [3.63, 3.8) is 0 Å². The van der Waals surface area contributed by atoms with Gasteiger partial charge in [-0.15, -0.1) is 0 Å². The summed E-state index contributed by atoms with van der Waals surface area (Å²) in [5.41, 5.74) is 1.22. The van der Waals surface area contributed by atoms with Crippen molar-refractivity contribution in [2.45, 2.75) is 18.1 Å². The van der Waals surface area contributed by atoms with Gasteiger partial charge in [-0.1, -0.05) is 37.3 Å². The van der Waals surface area contributed by atoms with Gasteiger partial charge in [0, 0.05) is 18.5 Å². The topological polar surface area (TPSA) is 26.3 Å². The van der Waals surface area contributed by atoms with Gasteiger partial charge >= 0.3 is 0 Å². The highest BCUT2D eigenvalue weighted by atomic mass is 32.2. The lowest BCUT2D eigenvalue weighted by atomic mass is 9.94. The summed E-state index contributed by atoms with van der Waals surface area (Å²) in [6, 6.07) is 10.3. The van der Waals surface area contributed by atoms with E-state index in [4.69, 9.17) is 0 Å². The molecule has 1 aliphatic heterocycles. The molecule has 0 saturated carbocycles. The highest BCUT2D eigenvalue weighted by Gasteiger charge is 2.45. The predicted octanol–water partition coefficient (Wildman–Crippen LogP) is 1.99. The van der Waals surface area contributed by atoms with Crippen molar-refractivity contribution in [3.05, 3.63) is 35.9 Å².